The second kappa shape index (κ2) is 12.5. The molecule has 1 aromatic heterocycles. The number of hydrogen-bond acceptors (Lipinski definition) is 9. The number of aromatic hydroxyl groups is 1. The zero-order chi connectivity index (χ0) is 35.9. The number of fused-ring (bicyclic) bond motifs is 6. The van der Waals surface area contributed by atoms with Crippen LogP contribution in [-0.2, 0) is 9.53 Å². The number of nitrogens with zero attached hydrogens (tertiary/aromatic N) is 4. The van der Waals surface area contributed by atoms with Crippen molar-refractivity contribution in [2.24, 2.45) is 11.3 Å². The Kier molecular flexibility index (Phi) is 8.01. The molecule has 12 heteroatoms. The summed E-state index contributed by atoms with van der Waals surface area (Å²) in [7, 11) is 1.45. The Hall–Kier alpha value is -4.60. The molecule has 1 saturated carbocycles. The van der Waals surface area contributed by atoms with Crippen molar-refractivity contribution >= 4 is 33.5 Å². The predicted octanol–water partition coefficient (Wildman–Crippen LogP) is 6.07. The molecule has 4 saturated heterocycles. The molecule has 5 heterocycles. The van der Waals surface area contributed by atoms with Gasteiger partial charge in [-0.2, -0.15) is 9.97 Å². The molecule has 2 N–H and O–H groups in total. The average molecular weight is 712 g/mol. The van der Waals surface area contributed by atoms with E-state index in [2.05, 4.69) is 26.0 Å². The topological polar surface area (TPSA) is 100 Å². The summed E-state index contributed by atoms with van der Waals surface area (Å²) in [5.41, 5.74) is -0.965. The molecule has 52 heavy (non-hydrogen) atoms. The van der Waals surface area contributed by atoms with Crippen LogP contribution in [0.1, 0.15) is 56.9 Å². The number of ether oxygens (including phenoxy) is 2. The van der Waals surface area contributed by atoms with E-state index in [0.29, 0.717) is 43.0 Å². The third-order valence-corrected chi connectivity index (χ3v) is 12.2. The molecule has 5 aliphatic rings. The number of carbonyl (C=O) groups is 1. The van der Waals surface area contributed by atoms with Crippen LogP contribution < -0.4 is 15.0 Å². The Morgan fingerprint density at radius 1 is 1.04 bits per heavy atom. The van der Waals surface area contributed by atoms with Gasteiger partial charge in [0, 0.05) is 65.6 Å². The maximum absolute atomic E-state index is 17.0. The van der Waals surface area contributed by atoms with E-state index in [1.54, 1.807) is 0 Å². The van der Waals surface area contributed by atoms with Gasteiger partial charge in [0.15, 0.2) is 5.82 Å². The van der Waals surface area contributed by atoms with Gasteiger partial charge in [-0.25, -0.2) is 13.2 Å². The average Bonchev–Trinajstić information content (AvgIpc) is 3.77. The largest absolute Gasteiger partial charge is 0.508 e. The van der Waals surface area contributed by atoms with Gasteiger partial charge in [-0.3, -0.25) is 9.69 Å². The number of terminal acetylenes is 1. The Morgan fingerprint density at radius 2 is 1.77 bits per heavy atom. The highest BCUT2D eigenvalue weighted by molar-refractivity contribution is 6.04. The Labute approximate surface area is 299 Å². The lowest BCUT2D eigenvalue weighted by atomic mass is 9.89. The normalized spacial score (nSPS) is 26.1. The van der Waals surface area contributed by atoms with Crippen molar-refractivity contribution < 1.29 is 32.5 Å². The fourth-order valence-electron chi connectivity index (χ4n) is 9.47. The number of piperazine rings is 1. The van der Waals surface area contributed by atoms with Crippen LogP contribution in [0.15, 0.2) is 30.3 Å². The molecule has 0 radical (unpaired) electrons. The van der Waals surface area contributed by atoms with Gasteiger partial charge in [-0.1, -0.05) is 12.0 Å². The van der Waals surface area contributed by atoms with E-state index in [0.717, 1.165) is 57.9 Å². The van der Waals surface area contributed by atoms with Crippen LogP contribution in [-0.4, -0.2) is 83.5 Å². The molecule has 4 bridgehead atoms. The van der Waals surface area contributed by atoms with Crippen molar-refractivity contribution in [1.82, 2.24) is 20.2 Å². The molecular formula is C40H40F3N5O4. The fraction of sp³-hybridized carbons (Fsp3) is 0.475. The third kappa shape index (κ3) is 5.60. The zero-order valence-corrected chi connectivity index (χ0v) is 28.9. The number of methoxy groups -OCH3 is 1. The van der Waals surface area contributed by atoms with Crippen molar-refractivity contribution in [3.63, 3.8) is 0 Å². The summed E-state index contributed by atoms with van der Waals surface area (Å²) >= 11 is 0. The van der Waals surface area contributed by atoms with Crippen LogP contribution in [0.25, 0.3) is 32.8 Å². The lowest BCUT2D eigenvalue weighted by Gasteiger charge is -2.40. The highest BCUT2D eigenvalue weighted by atomic mass is 19.1. The number of hydrogen-bond donors (Lipinski definition) is 2. The van der Waals surface area contributed by atoms with E-state index in [1.165, 1.54) is 37.4 Å². The van der Waals surface area contributed by atoms with E-state index in [9.17, 15) is 14.3 Å². The quantitative estimate of drug-likeness (QED) is 0.167. The number of aromatic nitrogens is 2. The second-order valence-corrected chi connectivity index (χ2v) is 15.5. The van der Waals surface area contributed by atoms with Crippen LogP contribution in [0.3, 0.4) is 0 Å². The molecule has 0 spiro atoms. The highest BCUT2D eigenvalue weighted by Crippen LogP contribution is 2.50. The van der Waals surface area contributed by atoms with Gasteiger partial charge >= 0.3 is 12.0 Å². The minimum absolute atomic E-state index is 0.000362. The summed E-state index contributed by atoms with van der Waals surface area (Å²) in [5, 5.41) is 14.8. The second-order valence-electron chi connectivity index (χ2n) is 15.5. The number of halogens is 3. The van der Waals surface area contributed by atoms with Crippen molar-refractivity contribution in [3.8, 4) is 35.2 Å². The maximum atomic E-state index is 17.0. The molecule has 4 aromatic rings. The van der Waals surface area contributed by atoms with Crippen LogP contribution in [0, 0.1) is 41.1 Å². The predicted molar refractivity (Wildman–Crippen MR) is 190 cm³/mol. The minimum atomic E-state index is -0.980. The molecule has 0 amide bonds. The number of rotatable bonds is 8. The van der Waals surface area contributed by atoms with E-state index < -0.39 is 23.0 Å². The monoisotopic (exact) mass is 711 g/mol. The summed E-state index contributed by atoms with van der Waals surface area (Å²) in [6.45, 7) is 2.39. The first kappa shape index (κ1) is 33.3. The molecule has 270 valence electrons. The van der Waals surface area contributed by atoms with Gasteiger partial charge < -0.3 is 24.8 Å². The van der Waals surface area contributed by atoms with E-state index in [-0.39, 0.29) is 68.6 Å². The van der Waals surface area contributed by atoms with Gasteiger partial charge in [0.1, 0.15) is 28.7 Å². The van der Waals surface area contributed by atoms with Crippen LogP contribution >= 0.6 is 0 Å². The standard InChI is InChI=1S/C40H40F3N5O4/c1-3-28-31(41)9-4-21-14-27(49)15-29(33(21)28)34-32(42)16-30-36(35(34)43)45-39(46-37(30)47-17-23-5-6-24(18-47)44-23)52-20-40(10-11-40)19-48-25-7-8-26(48)13-22(12-25)38(50)51-2/h1,4,9,14-16,22-26,44,49H,5-8,10-13,17-20H2,2H3. The molecule has 9 nitrogen and oxygen atoms in total. The van der Waals surface area contributed by atoms with E-state index in [1.807, 2.05) is 0 Å². The molecule has 1 aliphatic carbocycles. The molecule has 4 aliphatic heterocycles. The van der Waals surface area contributed by atoms with E-state index in [4.69, 9.17) is 20.9 Å². The van der Waals surface area contributed by atoms with Gasteiger partial charge in [0.25, 0.3) is 0 Å². The van der Waals surface area contributed by atoms with Crippen molar-refractivity contribution in [3.05, 3.63) is 53.3 Å². The number of esters is 1. The number of nitrogens with one attached hydrogen (secondary N) is 1. The Bertz CT molecular complexity index is 2140. The number of phenolic OH excluding ortho intramolecular Hbond substituents is 1. The SMILES string of the molecule is C#Cc1c(F)ccc2cc(O)cc(-c3c(F)cc4c(N5CC6CCC(C5)N6)nc(OCC5(CN6C7CCC6CC(C(=O)OC)C7)CC5)nc4c3F)c12. The van der Waals surface area contributed by atoms with Gasteiger partial charge in [-0.15, -0.1) is 6.42 Å². The van der Waals surface area contributed by atoms with E-state index >= 15 is 8.78 Å². The van der Waals surface area contributed by atoms with Crippen LogP contribution in [0.2, 0.25) is 0 Å². The highest BCUT2D eigenvalue weighted by Gasteiger charge is 2.51. The first-order valence-corrected chi connectivity index (χ1v) is 18.2. The molecule has 9 rings (SSSR count). The van der Waals surface area contributed by atoms with Crippen molar-refractivity contribution in [2.45, 2.75) is 75.5 Å². The first-order valence-electron chi connectivity index (χ1n) is 18.2. The summed E-state index contributed by atoms with van der Waals surface area (Å²) in [5.74, 6) is -0.333. The van der Waals surface area contributed by atoms with Gasteiger partial charge in [0.05, 0.1) is 30.8 Å². The van der Waals surface area contributed by atoms with Crippen molar-refractivity contribution in [1.29, 1.82) is 0 Å². The third-order valence-electron chi connectivity index (χ3n) is 12.2. The van der Waals surface area contributed by atoms with Gasteiger partial charge in [-0.05, 0) is 81.0 Å². The lowest BCUT2D eigenvalue weighted by molar-refractivity contribution is -0.148. The fourth-order valence-corrected chi connectivity index (χ4v) is 9.47. The Balaban J connectivity index is 1.09. The molecular weight excluding hydrogens is 671 g/mol. The molecule has 5 fully saturated rings. The number of carbonyl (C=O) groups excluding carboxylic acids is 1. The summed E-state index contributed by atoms with van der Waals surface area (Å²) in [6, 6.07) is 7.48. The number of anilines is 1. The minimum Gasteiger partial charge on any atom is -0.508 e. The first-order chi connectivity index (χ1) is 25.1. The number of benzene rings is 3. The van der Waals surface area contributed by atoms with Crippen molar-refractivity contribution in [2.75, 3.05) is 38.3 Å². The number of piperidine rings is 1. The number of phenols is 1. The summed E-state index contributed by atoms with van der Waals surface area (Å²) in [6.07, 6.45) is 13.3. The zero-order valence-electron chi connectivity index (χ0n) is 28.9. The summed E-state index contributed by atoms with van der Waals surface area (Å²) in [4.78, 5) is 26.3. The summed E-state index contributed by atoms with van der Waals surface area (Å²) < 4.78 is 59.7. The maximum Gasteiger partial charge on any atom is 0.319 e. The molecule has 3 aromatic carbocycles. The van der Waals surface area contributed by atoms with Gasteiger partial charge in [0.2, 0.25) is 0 Å². The van der Waals surface area contributed by atoms with Crippen LogP contribution in [0.5, 0.6) is 11.8 Å². The Morgan fingerprint density at radius 3 is 2.44 bits per heavy atom. The molecule has 4 unspecified atom stereocenters. The van der Waals surface area contributed by atoms with Crippen LogP contribution in [0.4, 0.5) is 19.0 Å². The molecule has 4 atom stereocenters. The lowest BCUT2D eigenvalue weighted by Crippen LogP contribution is -2.51. The smallest absolute Gasteiger partial charge is 0.319 e.